The fourth-order valence-electron chi connectivity index (χ4n) is 5.83. The van der Waals surface area contributed by atoms with Gasteiger partial charge in [-0.25, -0.2) is 18.0 Å². The highest BCUT2D eigenvalue weighted by Crippen LogP contribution is 2.46. The summed E-state index contributed by atoms with van der Waals surface area (Å²) in [5.41, 5.74) is 2.55. The Hall–Kier alpha value is -2.95. The summed E-state index contributed by atoms with van der Waals surface area (Å²) in [6.45, 7) is 9.70. The van der Waals surface area contributed by atoms with Gasteiger partial charge in [0.15, 0.2) is 0 Å². The van der Waals surface area contributed by atoms with Gasteiger partial charge in [-0.05, 0) is 50.0 Å². The first kappa shape index (κ1) is 31.0. The van der Waals surface area contributed by atoms with Gasteiger partial charge in [0.1, 0.15) is 18.1 Å². The van der Waals surface area contributed by atoms with E-state index in [1.54, 1.807) is 6.20 Å². The highest BCUT2D eigenvalue weighted by Gasteiger charge is 2.45. The molecule has 11 heteroatoms. The number of hydrogen-bond acceptors (Lipinski definition) is 7. The van der Waals surface area contributed by atoms with Crippen LogP contribution in [-0.4, -0.2) is 47.4 Å². The lowest BCUT2D eigenvalue weighted by Gasteiger charge is -2.26. The van der Waals surface area contributed by atoms with E-state index in [1.165, 1.54) is 0 Å². The van der Waals surface area contributed by atoms with E-state index in [2.05, 4.69) is 54.7 Å². The number of halogens is 1. The standard InChI is InChI=1S/C30H39ClN4O5S/c1-29(2)23-19-21(31)20-34(16-7-5-6-14-26(36)37)28(23)33-24(29)12-8-13-25-30(3,4)22-11-9-15-32-27(22)35(25)17-10-18-41(38,39)40/h8-9,11-13,15,19-20,24H,5-7,10,14,16-18H2,1-4H3,(H2,36,37,38,39,40)/b12-8+,25-13-. The molecule has 41 heavy (non-hydrogen) atoms. The van der Waals surface area contributed by atoms with E-state index in [0.29, 0.717) is 18.0 Å². The third-order valence-electron chi connectivity index (χ3n) is 8.14. The molecule has 0 saturated heterocycles. The molecule has 1 unspecified atom stereocenters. The molecule has 2 aliphatic rings. The molecule has 0 bridgehead atoms. The molecule has 0 amide bonds. The van der Waals surface area contributed by atoms with Crippen molar-refractivity contribution in [2.75, 3.05) is 22.5 Å². The number of aliphatic carboxylic acids is 1. The fraction of sp³-hybridized carbons (Fsp3) is 0.500. The largest absolute Gasteiger partial charge is 0.748 e. The molecule has 0 aliphatic carbocycles. The third kappa shape index (κ3) is 6.93. The first-order valence-electron chi connectivity index (χ1n) is 14.0. The van der Waals surface area contributed by atoms with Crippen molar-refractivity contribution >= 4 is 39.3 Å². The number of unbranched alkanes of at least 4 members (excludes halogenated alkanes) is 2. The smallest absolute Gasteiger partial charge is 0.303 e. The van der Waals surface area contributed by atoms with Gasteiger partial charge in [-0.1, -0.05) is 51.4 Å². The number of nitrogens with zero attached hydrogens (tertiary/aromatic N) is 3. The van der Waals surface area contributed by atoms with E-state index in [1.807, 2.05) is 35.4 Å². The predicted octanol–water partition coefficient (Wildman–Crippen LogP) is 4.91. The highest BCUT2D eigenvalue weighted by molar-refractivity contribution is 7.85. The summed E-state index contributed by atoms with van der Waals surface area (Å²) in [7, 11) is -4.30. The molecule has 9 nitrogen and oxygen atoms in total. The van der Waals surface area contributed by atoms with Crippen molar-refractivity contribution in [2.45, 2.75) is 83.2 Å². The summed E-state index contributed by atoms with van der Waals surface area (Å²) in [5.74, 6) is 0.605. The summed E-state index contributed by atoms with van der Waals surface area (Å²) in [6, 6.07) is 5.92. The van der Waals surface area contributed by atoms with Gasteiger partial charge in [-0.3, -0.25) is 10.1 Å². The number of pyridine rings is 2. The van der Waals surface area contributed by atoms with Crippen molar-refractivity contribution in [3.05, 3.63) is 70.7 Å². The SMILES string of the molecule is CC1(C)/C(=C/C=C/C2Nc3c(cc(Cl)c[n+]3CCCCCC(=O)O)C2(C)C)N(CCCS(=O)(=O)[O-])c2ncccc21. The number of aromatic nitrogens is 2. The van der Waals surface area contributed by atoms with Crippen LogP contribution in [-0.2, 0) is 32.3 Å². The van der Waals surface area contributed by atoms with E-state index in [0.717, 1.165) is 47.8 Å². The number of anilines is 2. The minimum absolute atomic E-state index is 0.0184. The molecule has 0 saturated carbocycles. The molecule has 2 aromatic rings. The molecule has 222 valence electrons. The molecule has 4 heterocycles. The Bertz CT molecular complexity index is 1470. The van der Waals surface area contributed by atoms with Crippen LogP contribution < -0.4 is 14.8 Å². The van der Waals surface area contributed by atoms with E-state index in [9.17, 15) is 17.8 Å². The average Bonchev–Trinajstić information content (AvgIpc) is 3.25. The van der Waals surface area contributed by atoms with Gasteiger partial charge < -0.3 is 14.6 Å². The number of carboxylic acid groups (broad SMARTS) is 1. The number of fused-ring (bicyclic) bond motifs is 2. The molecular formula is C30H39ClN4O5S. The van der Waals surface area contributed by atoms with Crippen molar-refractivity contribution in [1.82, 2.24) is 4.98 Å². The quantitative estimate of drug-likeness (QED) is 0.199. The first-order valence-corrected chi connectivity index (χ1v) is 15.9. The molecule has 0 aromatic carbocycles. The van der Waals surface area contributed by atoms with Crippen LogP contribution in [0.1, 0.15) is 70.9 Å². The minimum Gasteiger partial charge on any atom is -0.748 e. The maximum absolute atomic E-state index is 11.2. The Morgan fingerprint density at radius 3 is 2.68 bits per heavy atom. The Morgan fingerprint density at radius 2 is 1.98 bits per heavy atom. The number of hydrogen-bond donors (Lipinski definition) is 2. The summed E-state index contributed by atoms with van der Waals surface area (Å²) in [4.78, 5) is 17.4. The topological polar surface area (TPSA) is 127 Å². The molecule has 1 atom stereocenters. The maximum atomic E-state index is 11.2. The van der Waals surface area contributed by atoms with E-state index >= 15 is 0 Å². The van der Waals surface area contributed by atoms with Gasteiger partial charge in [-0.15, -0.1) is 0 Å². The Labute approximate surface area is 247 Å². The zero-order chi connectivity index (χ0) is 30.0. The zero-order valence-corrected chi connectivity index (χ0v) is 25.6. The van der Waals surface area contributed by atoms with Crippen molar-refractivity contribution in [3.63, 3.8) is 0 Å². The number of carbonyl (C=O) groups is 1. The molecule has 4 rings (SSSR count). The second-order valence-corrected chi connectivity index (χ2v) is 13.8. The number of allylic oxidation sites excluding steroid dienone is 3. The van der Waals surface area contributed by atoms with E-state index in [4.69, 9.17) is 16.7 Å². The molecule has 0 fully saturated rings. The lowest BCUT2D eigenvalue weighted by Crippen LogP contribution is -2.37. The number of carboxylic acids is 1. The first-order chi connectivity index (χ1) is 19.2. The second-order valence-electron chi connectivity index (χ2n) is 11.9. The van der Waals surface area contributed by atoms with Gasteiger partial charge in [0, 0.05) is 47.0 Å². The van der Waals surface area contributed by atoms with Crippen LogP contribution in [0.5, 0.6) is 0 Å². The van der Waals surface area contributed by atoms with Crippen LogP contribution in [0.4, 0.5) is 11.6 Å². The van der Waals surface area contributed by atoms with E-state index < -0.39 is 21.8 Å². The Morgan fingerprint density at radius 1 is 1.22 bits per heavy atom. The molecule has 2 aliphatic heterocycles. The van der Waals surface area contributed by atoms with Crippen molar-refractivity contribution in [1.29, 1.82) is 0 Å². The van der Waals surface area contributed by atoms with Gasteiger partial charge in [-0.2, -0.15) is 0 Å². The van der Waals surface area contributed by atoms with Gasteiger partial charge in [0.2, 0.25) is 0 Å². The van der Waals surface area contributed by atoms with Crippen LogP contribution in [0.3, 0.4) is 0 Å². The highest BCUT2D eigenvalue weighted by atomic mass is 35.5. The summed E-state index contributed by atoms with van der Waals surface area (Å²) >= 11 is 6.51. The van der Waals surface area contributed by atoms with Gasteiger partial charge in [0.05, 0.1) is 27.2 Å². The van der Waals surface area contributed by atoms with E-state index in [-0.39, 0.29) is 29.7 Å². The van der Waals surface area contributed by atoms with Crippen LogP contribution in [0.25, 0.3) is 0 Å². The van der Waals surface area contributed by atoms with Crippen molar-refractivity contribution < 1.29 is 27.4 Å². The molecule has 2 aromatic heterocycles. The zero-order valence-electron chi connectivity index (χ0n) is 24.1. The number of rotatable bonds is 12. The summed E-state index contributed by atoms with van der Waals surface area (Å²) in [6.07, 6.45) is 12.6. The molecular weight excluding hydrogens is 564 g/mol. The molecule has 0 radical (unpaired) electrons. The Balaban J connectivity index is 1.55. The molecule has 2 N–H and O–H groups in total. The summed E-state index contributed by atoms with van der Waals surface area (Å²) < 4.78 is 35.8. The minimum atomic E-state index is -4.30. The van der Waals surface area contributed by atoms with Crippen LogP contribution in [0.2, 0.25) is 5.02 Å². The third-order valence-corrected chi connectivity index (χ3v) is 9.13. The Kier molecular flexibility index (Phi) is 9.16. The van der Waals surface area contributed by atoms with Crippen molar-refractivity contribution in [3.8, 4) is 0 Å². The monoisotopic (exact) mass is 602 g/mol. The van der Waals surface area contributed by atoms with Crippen LogP contribution in [0.15, 0.2) is 54.5 Å². The average molecular weight is 603 g/mol. The normalized spacial score (nSPS) is 19.9. The van der Waals surface area contributed by atoms with Crippen molar-refractivity contribution in [2.24, 2.45) is 0 Å². The summed E-state index contributed by atoms with van der Waals surface area (Å²) in [5, 5.41) is 13.2. The lowest BCUT2D eigenvalue weighted by molar-refractivity contribution is -0.683. The molecule has 0 spiro atoms. The number of nitrogens with one attached hydrogen (secondary N) is 1. The predicted molar refractivity (Wildman–Crippen MR) is 159 cm³/mol. The van der Waals surface area contributed by atoms with Crippen LogP contribution in [0, 0.1) is 0 Å². The fourth-order valence-corrected chi connectivity index (χ4v) is 6.54. The van der Waals surface area contributed by atoms with Gasteiger partial charge in [0.25, 0.3) is 5.82 Å². The second kappa shape index (κ2) is 12.1. The van der Waals surface area contributed by atoms with Crippen LogP contribution >= 0.6 is 11.6 Å². The number of aryl methyl sites for hydroxylation is 1. The lowest BCUT2D eigenvalue weighted by atomic mass is 9.81. The maximum Gasteiger partial charge on any atom is 0.303 e. The van der Waals surface area contributed by atoms with Gasteiger partial charge >= 0.3 is 5.97 Å².